The Kier molecular flexibility index (Phi) is 3.88. The van der Waals surface area contributed by atoms with Gasteiger partial charge in [0.15, 0.2) is 0 Å². The van der Waals surface area contributed by atoms with Gasteiger partial charge in [0.1, 0.15) is 0 Å². The second kappa shape index (κ2) is 6.07. The van der Waals surface area contributed by atoms with Crippen LogP contribution < -0.4 is 4.90 Å². The van der Waals surface area contributed by atoms with Gasteiger partial charge in [-0.1, -0.05) is 60.3 Å². The number of para-hydroxylation sites is 1. The molecule has 0 saturated carbocycles. The first-order chi connectivity index (χ1) is 12.1. The van der Waals surface area contributed by atoms with Gasteiger partial charge in [0.05, 0.1) is 5.70 Å². The van der Waals surface area contributed by atoms with E-state index in [0.29, 0.717) is 0 Å². The summed E-state index contributed by atoms with van der Waals surface area (Å²) in [5.74, 6) is 0. The van der Waals surface area contributed by atoms with Crippen LogP contribution in [0.15, 0.2) is 83.5 Å². The van der Waals surface area contributed by atoms with E-state index in [1.54, 1.807) is 11.3 Å². The van der Waals surface area contributed by atoms with Gasteiger partial charge in [0.2, 0.25) is 0 Å². The van der Waals surface area contributed by atoms with Crippen molar-refractivity contribution >= 4 is 22.6 Å². The molecule has 0 amide bonds. The van der Waals surface area contributed by atoms with Crippen molar-refractivity contribution in [2.24, 2.45) is 0 Å². The third-order valence-electron chi connectivity index (χ3n) is 4.94. The topological polar surface area (TPSA) is 3.24 Å². The fraction of sp³-hybridized carbons (Fsp3) is 0.174. The predicted octanol–water partition coefficient (Wildman–Crippen LogP) is 6.09. The van der Waals surface area contributed by atoms with Gasteiger partial charge in [0, 0.05) is 28.6 Å². The summed E-state index contributed by atoms with van der Waals surface area (Å²) >= 11 is 1.76. The molecule has 2 aromatic carbocycles. The largest absolute Gasteiger partial charge is 0.341 e. The summed E-state index contributed by atoms with van der Waals surface area (Å²) in [6, 6.07) is 23.5. The van der Waals surface area contributed by atoms with Crippen LogP contribution in [0.1, 0.15) is 29.9 Å². The molecule has 2 heteroatoms. The second-order valence-electron chi connectivity index (χ2n) is 6.89. The van der Waals surface area contributed by atoms with Gasteiger partial charge in [-0.3, -0.25) is 0 Å². The van der Waals surface area contributed by atoms with E-state index < -0.39 is 0 Å². The zero-order valence-corrected chi connectivity index (χ0v) is 15.6. The van der Waals surface area contributed by atoms with Crippen LogP contribution in [0.2, 0.25) is 0 Å². The number of benzene rings is 2. The van der Waals surface area contributed by atoms with E-state index in [1.165, 1.54) is 33.0 Å². The lowest BCUT2D eigenvalue weighted by Gasteiger charge is -2.22. The first-order valence-electron chi connectivity index (χ1n) is 8.53. The summed E-state index contributed by atoms with van der Waals surface area (Å²) in [6.07, 6.45) is 0. The van der Waals surface area contributed by atoms with Crippen LogP contribution in [0.5, 0.6) is 0 Å². The van der Waals surface area contributed by atoms with Gasteiger partial charge in [-0.25, -0.2) is 0 Å². The first-order valence-corrected chi connectivity index (χ1v) is 9.41. The van der Waals surface area contributed by atoms with Crippen LogP contribution in [0, 0.1) is 0 Å². The minimum absolute atomic E-state index is 0.0668. The first kappa shape index (κ1) is 16.0. The van der Waals surface area contributed by atoms with Gasteiger partial charge >= 0.3 is 0 Å². The van der Waals surface area contributed by atoms with E-state index in [1.807, 2.05) is 0 Å². The van der Waals surface area contributed by atoms with Crippen molar-refractivity contribution in [3.8, 4) is 0 Å². The van der Waals surface area contributed by atoms with Gasteiger partial charge in [-0.2, -0.15) is 0 Å². The van der Waals surface area contributed by atoms with Crippen molar-refractivity contribution in [2.75, 3.05) is 11.9 Å². The number of likely N-dealkylation sites (N-methyl/N-ethyl adjacent to an activating group) is 1. The lowest BCUT2D eigenvalue weighted by molar-refractivity contribution is 0.642. The molecule has 1 aliphatic rings. The molecule has 1 nitrogen and oxygen atoms in total. The molecule has 0 bridgehead atoms. The summed E-state index contributed by atoms with van der Waals surface area (Å²) in [7, 11) is 2.15. The summed E-state index contributed by atoms with van der Waals surface area (Å²) < 4.78 is 0. The minimum atomic E-state index is -0.0668. The highest BCUT2D eigenvalue weighted by molar-refractivity contribution is 7.11. The molecule has 25 heavy (non-hydrogen) atoms. The van der Waals surface area contributed by atoms with Crippen molar-refractivity contribution in [3.05, 3.63) is 99.5 Å². The van der Waals surface area contributed by atoms with Crippen LogP contribution >= 0.6 is 11.3 Å². The standard InChI is InChI=1S/C23H21NS/c1-23(2)19-12-7-8-13-20(19)24(3)22(23)16-18(21-14-9-15-25-21)17-10-5-4-6-11-17/h4-15H,1-3H3. The number of anilines is 1. The third kappa shape index (κ3) is 2.64. The summed E-state index contributed by atoms with van der Waals surface area (Å²) in [5, 5.41) is 2.13. The SMILES string of the molecule is CN1C(=C=C(c2ccccc2)c2cccs2)C(C)(C)c2ccccc21. The predicted molar refractivity (Wildman–Crippen MR) is 108 cm³/mol. The molecule has 0 N–H and O–H groups in total. The van der Waals surface area contributed by atoms with Gasteiger partial charge in [0.25, 0.3) is 0 Å². The Balaban J connectivity index is 2.00. The number of fused-ring (bicyclic) bond motifs is 1. The molecule has 0 spiro atoms. The van der Waals surface area contributed by atoms with E-state index in [-0.39, 0.29) is 5.41 Å². The van der Waals surface area contributed by atoms with Crippen LogP contribution in [-0.2, 0) is 5.41 Å². The minimum Gasteiger partial charge on any atom is -0.341 e. The number of rotatable bonds is 2. The van der Waals surface area contributed by atoms with Crippen molar-refractivity contribution in [1.82, 2.24) is 0 Å². The molecule has 0 atom stereocenters. The van der Waals surface area contributed by atoms with Gasteiger partial charge in [-0.05, 0) is 42.5 Å². The Bertz CT molecular complexity index is 958. The smallest absolute Gasteiger partial charge is 0.0715 e. The quantitative estimate of drug-likeness (QED) is 0.509. The highest BCUT2D eigenvalue weighted by atomic mass is 32.1. The maximum Gasteiger partial charge on any atom is 0.0715 e. The zero-order valence-electron chi connectivity index (χ0n) is 14.8. The molecule has 0 aliphatic carbocycles. The number of nitrogens with zero attached hydrogens (tertiary/aromatic N) is 1. The number of hydrogen-bond donors (Lipinski definition) is 0. The molecular formula is C23H21NS. The highest BCUT2D eigenvalue weighted by Crippen LogP contribution is 2.46. The van der Waals surface area contributed by atoms with Gasteiger partial charge < -0.3 is 4.90 Å². The molecule has 1 aromatic heterocycles. The Labute approximate surface area is 153 Å². The number of thiophene rings is 1. The van der Waals surface area contributed by atoms with E-state index >= 15 is 0 Å². The Morgan fingerprint density at radius 2 is 1.64 bits per heavy atom. The fourth-order valence-corrected chi connectivity index (χ4v) is 4.37. The van der Waals surface area contributed by atoms with Crippen LogP contribution in [0.3, 0.4) is 0 Å². The van der Waals surface area contributed by atoms with Crippen molar-refractivity contribution < 1.29 is 0 Å². The molecule has 0 fully saturated rings. The van der Waals surface area contributed by atoms with Gasteiger partial charge in [-0.15, -0.1) is 11.3 Å². The van der Waals surface area contributed by atoms with Crippen molar-refractivity contribution in [3.63, 3.8) is 0 Å². The molecule has 4 rings (SSSR count). The third-order valence-corrected chi connectivity index (χ3v) is 5.83. The zero-order chi connectivity index (χ0) is 17.4. The summed E-state index contributed by atoms with van der Waals surface area (Å²) in [6.45, 7) is 4.57. The number of hydrogen-bond acceptors (Lipinski definition) is 2. The average Bonchev–Trinajstić information content (AvgIpc) is 3.22. The molecule has 0 saturated heterocycles. The lowest BCUT2D eigenvalue weighted by Crippen LogP contribution is -2.22. The molecular weight excluding hydrogens is 322 g/mol. The lowest BCUT2D eigenvalue weighted by atomic mass is 9.84. The Hall–Kier alpha value is -2.54. The van der Waals surface area contributed by atoms with Crippen LogP contribution in [0.4, 0.5) is 5.69 Å². The second-order valence-corrected chi connectivity index (χ2v) is 7.84. The van der Waals surface area contributed by atoms with E-state index in [0.717, 1.165) is 0 Å². The van der Waals surface area contributed by atoms with Crippen LogP contribution in [-0.4, -0.2) is 7.05 Å². The Morgan fingerprint density at radius 3 is 2.32 bits per heavy atom. The average molecular weight is 343 g/mol. The van der Waals surface area contributed by atoms with Crippen molar-refractivity contribution in [2.45, 2.75) is 19.3 Å². The molecule has 2 heterocycles. The summed E-state index contributed by atoms with van der Waals surface area (Å²) in [4.78, 5) is 3.53. The highest BCUT2D eigenvalue weighted by Gasteiger charge is 2.38. The molecule has 0 unspecified atom stereocenters. The van der Waals surface area contributed by atoms with Crippen molar-refractivity contribution in [1.29, 1.82) is 0 Å². The normalized spacial score (nSPS) is 15.0. The molecule has 0 radical (unpaired) electrons. The van der Waals surface area contributed by atoms with E-state index in [9.17, 15) is 0 Å². The molecule has 124 valence electrons. The number of allylic oxidation sites excluding steroid dienone is 1. The van der Waals surface area contributed by atoms with Crippen LogP contribution in [0.25, 0.3) is 5.57 Å². The molecule has 1 aliphatic heterocycles. The summed E-state index contributed by atoms with van der Waals surface area (Å²) in [5.41, 5.74) is 9.94. The maximum absolute atomic E-state index is 3.79. The Morgan fingerprint density at radius 1 is 0.920 bits per heavy atom. The monoisotopic (exact) mass is 343 g/mol. The van der Waals surface area contributed by atoms with E-state index in [4.69, 9.17) is 0 Å². The van der Waals surface area contributed by atoms with E-state index in [2.05, 4.69) is 104 Å². The maximum atomic E-state index is 3.79. The molecule has 3 aromatic rings. The fourth-order valence-electron chi connectivity index (χ4n) is 3.62.